The quantitative estimate of drug-likeness (QED) is 0.794. The minimum atomic E-state index is 0.906. The van der Waals surface area contributed by atoms with Crippen LogP contribution in [-0.4, -0.2) is 24.6 Å². The first-order chi connectivity index (χ1) is 9.74. The molecule has 2 rings (SSSR count). The highest BCUT2D eigenvalue weighted by Gasteiger charge is 2.20. The van der Waals surface area contributed by atoms with E-state index in [1.807, 2.05) is 6.20 Å². The van der Waals surface area contributed by atoms with Crippen LogP contribution in [-0.2, 0) is 6.54 Å². The molecule has 1 saturated heterocycles. The standard InChI is InChI=1S/C16H26BrN3/c1-3-7-18-11-14-10-15(17)12-19-16(14)20-8-5-13(4-2)6-9-20/h10,12-13,18H,3-9,11H2,1-2H3. The Kier molecular flexibility index (Phi) is 6.30. The Hall–Kier alpha value is -0.610. The van der Waals surface area contributed by atoms with Gasteiger partial charge in [0.1, 0.15) is 5.82 Å². The van der Waals surface area contributed by atoms with Gasteiger partial charge in [-0.25, -0.2) is 4.98 Å². The lowest BCUT2D eigenvalue weighted by atomic mass is 9.94. The van der Waals surface area contributed by atoms with E-state index in [-0.39, 0.29) is 0 Å². The van der Waals surface area contributed by atoms with E-state index in [0.29, 0.717) is 0 Å². The minimum absolute atomic E-state index is 0.906. The van der Waals surface area contributed by atoms with Gasteiger partial charge in [-0.3, -0.25) is 0 Å². The summed E-state index contributed by atoms with van der Waals surface area (Å²) in [5, 5.41) is 3.49. The van der Waals surface area contributed by atoms with Gasteiger partial charge in [-0.05, 0) is 53.7 Å². The van der Waals surface area contributed by atoms with Crippen LogP contribution in [0.25, 0.3) is 0 Å². The fourth-order valence-electron chi connectivity index (χ4n) is 2.84. The summed E-state index contributed by atoms with van der Waals surface area (Å²) in [6.45, 7) is 8.76. The molecule has 0 aromatic carbocycles. The Balaban J connectivity index is 2.06. The molecule has 3 nitrogen and oxygen atoms in total. The van der Waals surface area contributed by atoms with Crippen LogP contribution < -0.4 is 10.2 Å². The normalized spacial score (nSPS) is 16.6. The molecule has 0 bridgehead atoms. The van der Waals surface area contributed by atoms with Gasteiger partial charge in [-0.1, -0.05) is 20.3 Å². The summed E-state index contributed by atoms with van der Waals surface area (Å²) >= 11 is 3.54. The lowest BCUT2D eigenvalue weighted by molar-refractivity contribution is 0.393. The lowest BCUT2D eigenvalue weighted by Gasteiger charge is -2.33. The number of anilines is 1. The Bertz CT molecular complexity index is 414. The van der Waals surface area contributed by atoms with Crippen LogP contribution in [0.1, 0.15) is 45.1 Å². The molecule has 1 aromatic heterocycles. The predicted molar refractivity (Wildman–Crippen MR) is 89.2 cm³/mol. The first-order valence-electron chi connectivity index (χ1n) is 7.84. The van der Waals surface area contributed by atoms with Crippen molar-refractivity contribution >= 4 is 21.7 Å². The summed E-state index contributed by atoms with van der Waals surface area (Å²) in [4.78, 5) is 7.13. The second-order valence-corrected chi connectivity index (χ2v) is 6.57. The van der Waals surface area contributed by atoms with E-state index >= 15 is 0 Å². The number of halogens is 1. The van der Waals surface area contributed by atoms with Crippen LogP contribution in [0.3, 0.4) is 0 Å². The highest BCUT2D eigenvalue weighted by Crippen LogP contribution is 2.27. The molecular weight excluding hydrogens is 314 g/mol. The van der Waals surface area contributed by atoms with Gasteiger partial charge in [0, 0.05) is 35.9 Å². The summed E-state index contributed by atoms with van der Waals surface area (Å²) in [7, 11) is 0. The van der Waals surface area contributed by atoms with Crippen molar-refractivity contribution in [3.63, 3.8) is 0 Å². The largest absolute Gasteiger partial charge is 0.356 e. The second-order valence-electron chi connectivity index (χ2n) is 5.65. The summed E-state index contributed by atoms with van der Waals surface area (Å²) in [5.41, 5.74) is 1.31. The Morgan fingerprint density at radius 3 is 2.75 bits per heavy atom. The Morgan fingerprint density at radius 1 is 1.35 bits per heavy atom. The van der Waals surface area contributed by atoms with E-state index in [1.54, 1.807) is 0 Å². The fourth-order valence-corrected chi connectivity index (χ4v) is 3.22. The zero-order valence-corrected chi connectivity index (χ0v) is 14.2. The molecule has 0 amide bonds. The van der Waals surface area contributed by atoms with Gasteiger partial charge in [0.15, 0.2) is 0 Å². The molecule has 0 radical (unpaired) electrons. The molecule has 20 heavy (non-hydrogen) atoms. The summed E-state index contributed by atoms with van der Waals surface area (Å²) in [6.07, 6.45) is 7.00. The third-order valence-electron chi connectivity index (χ3n) is 4.14. The van der Waals surface area contributed by atoms with E-state index in [9.17, 15) is 0 Å². The number of hydrogen-bond donors (Lipinski definition) is 1. The average Bonchev–Trinajstić information content (AvgIpc) is 2.48. The van der Waals surface area contributed by atoms with Gasteiger partial charge in [0.2, 0.25) is 0 Å². The summed E-state index contributed by atoms with van der Waals surface area (Å²) < 4.78 is 1.07. The van der Waals surface area contributed by atoms with Crippen LogP contribution >= 0.6 is 15.9 Å². The van der Waals surface area contributed by atoms with Crippen molar-refractivity contribution in [2.24, 2.45) is 5.92 Å². The smallest absolute Gasteiger partial charge is 0.133 e. The van der Waals surface area contributed by atoms with Crippen molar-refractivity contribution in [3.05, 3.63) is 22.3 Å². The molecule has 4 heteroatoms. The topological polar surface area (TPSA) is 28.2 Å². The summed E-state index contributed by atoms with van der Waals surface area (Å²) in [6, 6.07) is 2.21. The fraction of sp³-hybridized carbons (Fsp3) is 0.688. The zero-order chi connectivity index (χ0) is 14.4. The molecule has 0 unspecified atom stereocenters. The van der Waals surface area contributed by atoms with Gasteiger partial charge in [-0.15, -0.1) is 0 Å². The van der Waals surface area contributed by atoms with Crippen molar-refractivity contribution in [2.75, 3.05) is 24.5 Å². The monoisotopic (exact) mass is 339 g/mol. The number of hydrogen-bond acceptors (Lipinski definition) is 3. The van der Waals surface area contributed by atoms with Crippen LogP contribution in [0.15, 0.2) is 16.7 Å². The number of nitrogens with one attached hydrogen (secondary N) is 1. The maximum absolute atomic E-state index is 4.67. The molecule has 1 aliphatic heterocycles. The van der Waals surface area contributed by atoms with E-state index in [2.05, 4.69) is 51.0 Å². The SMILES string of the molecule is CCCNCc1cc(Br)cnc1N1CCC(CC)CC1. The van der Waals surface area contributed by atoms with Gasteiger partial charge >= 0.3 is 0 Å². The van der Waals surface area contributed by atoms with Crippen molar-refractivity contribution in [1.82, 2.24) is 10.3 Å². The number of nitrogens with zero attached hydrogens (tertiary/aromatic N) is 2. The van der Waals surface area contributed by atoms with E-state index in [4.69, 9.17) is 0 Å². The first kappa shape index (κ1) is 15.8. The van der Waals surface area contributed by atoms with E-state index < -0.39 is 0 Å². The zero-order valence-electron chi connectivity index (χ0n) is 12.7. The first-order valence-corrected chi connectivity index (χ1v) is 8.64. The Morgan fingerprint density at radius 2 is 2.10 bits per heavy atom. The lowest BCUT2D eigenvalue weighted by Crippen LogP contribution is -2.35. The van der Waals surface area contributed by atoms with E-state index in [1.165, 1.54) is 37.1 Å². The van der Waals surface area contributed by atoms with Gasteiger partial charge < -0.3 is 10.2 Å². The highest BCUT2D eigenvalue weighted by atomic mass is 79.9. The van der Waals surface area contributed by atoms with Gasteiger partial charge in [0.25, 0.3) is 0 Å². The number of piperidine rings is 1. The average molecular weight is 340 g/mol. The molecule has 112 valence electrons. The molecule has 1 fully saturated rings. The third kappa shape index (κ3) is 4.19. The highest BCUT2D eigenvalue weighted by molar-refractivity contribution is 9.10. The number of pyridine rings is 1. The molecule has 1 N–H and O–H groups in total. The Labute approximate surface area is 131 Å². The maximum Gasteiger partial charge on any atom is 0.133 e. The second kappa shape index (κ2) is 7.99. The molecule has 0 atom stereocenters. The molecule has 0 spiro atoms. The van der Waals surface area contributed by atoms with Gasteiger partial charge in [0.05, 0.1) is 0 Å². The predicted octanol–water partition coefficient (Wildman–Crippen LogP) is 3.97. The molecule has 0 aliphatic carbocycles. The van der Waals surface area contributed by atoms with Crippen LogP contribution in [0.5, 0.6) is 0 Å². The third-order valence-corrected chi connectivity index (χ3v) is 4.58. The van der Waals surface area contributed by atoms with E-state index in [0.717, 1.165) is 36.6 Å². The summed E-state index contributed by atoms with van der Waals surface area (Å²) in [5.74, 6) is 2.08. The van der Waals surface area contributed by atoms with Crippen LogP contribution in [0, 0.1) is 5.92 Å². The minimum Gasteiger partial charge on any atom is -0.356 e. The van der Waals surface area contributed by atoms with Crippen LogP contribution in [0.2, 0.25) is 0 Å². The van der Waals surface area contributed by atoms with Crippen molar-refractivity contribution in [1.29, 1.82) is 0 Å². The van der Waals surface area contributed by atoms with Crippen molar-refractivity contribution in [2.45, 2.75) is 46.1 Å². The van der Waals surface area contributed by atoms with Crippen molar-refractivity contribution < 1.29 is 0 Å². The maximum atomic E-state index is 4.67. The van der Waals surface area contributed by atoms with Crippen molar-refractivity contribution in [3.8, 4) is 0 Å². The molecular formula is C16H26BrN3. The van der Waals surface area contributed by atoms with Gasteiger partial charge in [-0.2, -0.15) is 0 Å². The number of aromatic nitrogens is 1. The molecule has 2 heterocycles. The molecule has 1 aliphatic rings. The van der Waals surface area contributed by atoms with Crippen LogP contribution in [0.4, 0.5) is 5.82 Å². The number of rotatable bonds is 6. The molecule has 1 aromatic rings. The molecule has 0 saturated carbocycles.